The van der Waals surface area contributed by atoms with Gasteiger partial charge < -0.3 is 18.9 Å². The van der Waals surface area contributed by atoms with E-state index in [1.54, 1.807) is 24.3 Å². The second-order valence-corrected chi connectivity index (χ2v) is 12.1. The molecule has 2 aromatic carbocycles. The molecular formula is C30H27Cl2N3O5. The number of halogens is 2. The molecule has 0 saturated heterocycles. The zero-order valence-electron chi connectivity index (χ0n) is 21.7. The van der Waals surface area contributed by atoms with Gasteiger partial charge in [0.25, 0.3) is 0 Å². The largest absolute Gasteiger partial charge is 0.478 e. The van der Waals surface area contributed by atoms with Gasteiger partial charge in [0.15, 0.2) is 0 Å². The van der Waals surface area contributed by atoms with Crippen LogP contribution in [0.1, 0.15) is 84.9 Å². The third-order valence-electron chi connectivity index (χ3n) is 8.91. The van der Waals surface area contributed by atoms with Crippen molar-refractivity contribution in [3.8, 4) is 22.6 Å². The molecule has 2 aromatic heterocycles. The fraction of sp³-hybridized carbons (Fsp3) is 0.400. The molecule has 2 bridgehead atoms. The Hall–Kier alpha value is -3.20. The first-order valence-electron chi connectivity index (χ1n) is 13.6. The summed E-state index contributed by atoms with van der Waals surface area (Å²) in [4.78, 5) is 16.1. The van der Waals surface area contributed by atoms with Crippen molar-refractivity contribution in [1.29, 1.82) is 0 Å². The fourth-order valence-electron chi connectivity index (χ4n) is 6.31. The van der Waals surface area contributed by atoms with E-state index in [2.05, 4.69) is 10.3 Å². The molecule has 4 aliphatic carbocycles. The zero-order valence-corrected chi connectivity index (χ0v) is 23.2. The number of aromatic carboxylic acids is 1. The minimum Gasteiger partial charge on any atom is -0.478 e. The molecule has 0 spiro atoms. The standard InChI is InChI=1S/C30H27Cl2N3O5/c31-21-5-2-6-22(32)23(21)24-20(25(39-34-24)17-7-8-17)16-38-30-12-9-29(10-13-30,11-14-30)28-33-26(35-40-28)18-3-1-4-19(15-18)27(36)37/h1-6,15,17H,7-14,16H2,(H,36,37). The van der Waals surface area contributed by atoms with Crippen molar-refractivity contribution in [2.45, 2.75) is 74.9 Å². The highest BCUT2D eigenvalue weighted by molar-refractivity contribution is 6.39. The molecule has 4 aliphatic rings. The average Bonchev–Trinajstić information content (AvgIpc) is 3.53. The lowest BCUT2D eigenvalue weighted by Gasteiger charge is -2.51. The highest BCUT2D eigenvalue weighted by Crippen LogP contribution is 2.55. The van der Waals surface area contributed by atoms with Crippen LogP contribution < -0.4 is 0 Å². The lowest BCUT2D eigenvalue weighted by Crippen LogP contribution is -2.49. The van der Waals surface area contributed by atoms with Gasteiger partial charge in [-0.1, -0.05) is 51.7 Å². The summed E-state index contributed by atoms with van der Waals surface area (Å²) < 4.78 is 18.3. The van der Waals surface area contributed by atoms with E-state index < -0.39 is 5.97 Å². The number of aromatic nitrogens is 3. The molecule has 0 atom stereocenters. The molecule has 0 unspecified atom stereocenters. The van der Waals surface area contributed by atoms with Gasteiger partial charge in [-0.25, -0.2) is 4.79 Å². The van der Waals surface area contributed by atoms with Gasteiger partial charge in [-0.2, -0.15) is 4.98 Å². The third kappa shape index (κ3) is 4.42. The monoisotopic (exact) mass is 579 g/mol. The van der Waals surface area contributed by atoms with Crippen molar-refractivity contribution in [3.05, 3.63) is 75.3 Å². The van der Waals surface area contributed by atoms with E-state index in [4.69, 9.17) is 42.0 Å². The summed E-state index contributed by atoms with van der Waals surface area (Å²) >= 11 is 13.1. The first-order valence-corrected chi connectivity index (χ1v) is 14.4. The number of benzene rings is 2. The Balaban J connectivity index is 1.09. The number of hydrogen-bond acceptors (Lipinski definition) is 7. The molecule has 0 amide bonds. The Morgan fingerprint density at radius 1 is 0.975 bits per heavy atom. The van der Waals surface area contributed by atoms with Crippen LogP contribution in [0.25, 0.3) is 22.6 Å². The molecular weight excluding hydrogens is 553 g/mol. The van der Waals surface area contributed by atoms with Crippen LogP contribution in [0.2, 0.25) is 10.0 Å². The molecule has 2 heterocycles. The quantitative estimate of drug-likeness (QED) is 0.224. The summed E-state index contributed by atoms with van der Waals surface area (Å²) in [6.45, 7) is 0.393. The van der Waals surface area contributed by atoms with Crippen LogP contribution in [0.4, 0.5) is 0 Å². The highest BCUT2D eigenvalue weighted by atomic mass is 35.5. The van der Waals surface area contributed by atoms with Gasteiger partial charge in [0, 0.05) is 22.6 Å². The first-order chi connectivity index (χ1) is 19.4. The highest BCUT2D eigenvalue weighted by Gasteiger charge is 2.53. The van der Waals surface area contributed by atoms with Crippen LogP contribution in [0.5, 0.6) is 0 Å². The Morgan fingerprint density at radius 2 is 1.68 bits per heavy atom. The second-order valence-electron chi connectivity index (χ2n) is 11.3. The predicted molar refractivity (Wildman–Crippen MR) is 148 cm³/mol. The van der Waals surface area contributed by atoms with E-state index in [0.717, 1.165) is 62.7 Å². The molecule has 206 valence electrons. The van der Waals surface area contributed by atoms with Gasteiger partial charge in [-0.05, 0) is 75.6 Å². The minimum absolute atomic E-state index is 0.187. The maximum absolute atomic E-state index is 11.4. The SMILES string of the molecule is O=C(O)c1cccc(-c2noc(C34CCC(OCc5c(-c6c(Cl)cccc6Cl)noc5C5CC5)(CC3)CC4)n2)c1. The topological polar surface area (TPSA) is 111 Å². The molecule has 1 N–H and O–H groups in total. The number of carboxylic acid groups (broad SMARTS) is 1. The Labute approximate surface area is 240 Å². The van der Waals surface area contributed by atoms with Gasteiger partial charge in [0.05, 0.1) is 33.2 Å². The molecule has 10 heteroatoms. The predicted octanol–water partition coefficient (Wildman–Crippen LogP) is 7.84. The van der Waals surface area contributed by atoms with Crippen molar-refractivity contribution in [2.75, 3.05) is 0 Å². The van der Waals surface area contributed by atoms with Gasteiger partial charge in [-0.3, -0.25) is 0 Å². The van der Waals surface area contributed by atoms with Crippen molar-refractivity contribution in [1.82, 2.24) is 15.3 Å². The van der Waals surface area contributed by atoms with E-state index in [9.17, 15) is 9.90 Å². The van der Waals surface area contributed by atoms with Crippen molar-refractivity contribution < 1.29 is 23.7 Å². The van der Waals surface area contributed by atoms with Crippen molar-refractivity contribution in [2.24, 2.45) is 0 Å². The maximum atomic E-state index is 11.4. The van der Waals surface area contributed by atoms with E-state index in [-0.39, 0.29) is 16.6 Å². The molecule has 8 nitrogen and oxygen atoms in total. The molecule has 0 radical (unpaired) electrons. The summed E-state index contributed by atoms with van der Waals surface area (Å²) in [5, 5.41) is 19.0. The number of rotatable bonds is 8. The van der Waals surface area contributed by atoms with Gasteiger partial charge in [0.2, 0.25) is 11.7 Å². The summed E-state index contributed by atoms with van der Waals surface area (Å²) in [5.41, 5.74) is 2.69. The number of carboxylic acids is 1. The van der Waals surface area contributed by atoms with Gasteiger partial charge in [0.1, 0.15) is 11.5 Å². The minimum atomic E-state index is -0.988. The van der Waals surface area contributed by atoms with Crippen LogP contribution >= 0.6 is 23.2 Å². The van der Waals surface area contributed by atoms with Gasteiger partial charge in [-0.15, -0.1) is 0 Å². The summed E-state index contributed by atoms with van der Waals surface area (Å²) in [6.07, 6.45) is 7.45. The fourth-order valence-corrected chi connectivity index (χ4v) is 6.89. The van der Waals surface area contributed by atoms with E-state index in [1.807, 2.05) is 18.2 Å². The molecule has 4 saturated carbocycles. The van der Waals surface area contributed by atoms with E-state index in [0.29, 0.717) is 51.1 Å². The Bertz CT molecular complexity index is 1560. The number of nitrogens with zero attached hydrogens (tertiary/aromatic N) is 3. The molecule has 4 fully saturated rings. The van der Waals surface area contributed by atoms with Gasteiger partial charge >= 0.3 is 5.97 Å². The molecule has 4 aromatic rings. The summed E-state index contributed by atoms with van der Waals surface area (Å²) in [7, 11) is 0. The van der Waals surface area contributed by atoms with Crippen molar-refractivity contribution >= 4 is 29.2 Å². The maximum Gasteiger partial charge on any atom is 0.335 e. The number of hydrogen-bond donors (Lipinski definition) is 1. The average molecular weight is 580 g/mol. The first kappa shape index (κ1) is 25.7. The summed E-state index contributed by atoms with van der Waals surface area (Å²) in [6, 6.07) is 12.0. The summed E-state index contributed by atoms with van der Waals surface area (Å²) in [5.74, 6) is 1.30. The molecule has 0 aliphatic heterocycles. The van der Waals surface area contributed by atoms with Crippen molar-refractivity contribution in [3.63, 3.8) is 0 Å². The number of ether oxygens (including phenoxy) is 1. The van der Waals surface area contributed by atoms with Crippen LogP contribution in [-0.4, -0.2) is 32.0 Å². The van der Waals surface area contributed by atoms with Crippen LogP contribution in [0.15, 0.2) is 51.5 Å². The second kappa shape index (κ2) is 9.72. The third-order valence-corrected chi connectivity index (χ3v) is 9.54. The lowest BCUT2D eigenvalue weighted by molar-refractivity contribution is -0.130. The smallest absolute Gasteiger partial charge is 0.335 e. The van der Waals surface area contributed by atoms with Crippen LogP contribution in [-0.2, 0) is 16.8 Å². The van der Waals surface area contributed by atoms with Crippen LogP contribution in [0.3, 0.4) is 0 Å². The van der Waals surface area contributed by atoms with Crippen LogP contribution in [0, 0.1) is 0 Å². The molecule has 8 rings (SSSR count). The number of fused-ring (bicyclic) bond motifs is 3. The Morgan fingerprint density at radius 3 is 2.35 bits per heavy atom. The Kier molecular flexibility index (Phi) is 6.25. The zero-order chi connectivity index (χ0) is 27.5. The van der Waals surface area contributed by atoms with E-state index >= 15 is 0 Å². The lowest BCUT2D eigenvalue weighted by atomic mass is 9.58. The van der Waals surface area contributed by atoms with E-state index in [1.165, 1.54) is 0 Å². The normalized spacial score (nSPS) is 23.9. The number of carbonyl (C=O) groups is 1. The molecule has 40 heavy (non-hydrogen) atoms.